The molecule has 0 fully saturated rings. The molecule has 0 spiro atoms. The third-order valence-electron chi connectivity index (χ3n) is 4.26. The first-order valence-electron chi connectivity index (χ1n) is 9.84. The van der Waals surface area contributed by atoms with Crippen molar-refractivity contribution in [3.05, 3.63) is 59.6 Å². The minimum absolute atomic E-state index is 0.341. The van der Waals surface area contributed by atoms with Gasteiger partial charge in [-0.2, -0.15) is 0 Å². The number of benzene rings is 1. The Bertz CT molecular complexity index is 1280. The number of tetrazole rings is 1. The van der Waals surface area contributed by atoms with Gasteiger partial charge in [-0.15, -0.1) is 0 Å². The predicted molar refractivity (Wildman–Crippen MR) is 126 cm³/mol. The molecule has 0 amide bonds. The van der Waals surface area contributed by atoms with Crippen molar-refractivity contribution in [1.82, 2.24) is 34.7 Å². The van der Waals surface area contributed by atoms with E-state index in [-0.39, 0.29) is 5.60 Å². The van der Waals surface area contributed by atoms with Crippen LogP contribution in [0.15, 0.2) is 54.0 Å². The van der Waals surface area contributed by atoms with Crippen LogP contribution in [0.2, 0.25) is 5.02 Å². The lowest BCUT2D eigenvalue weighted by molar-refractivity contribution is 0.0564. The monoisotopic (exact) mass is 470 g/mol. The van der Waals surface area contributed by atoms with Crippen LogP contribution in [-0.2, 0) is 17.5 Å². The van der Waals surface area contributed by atoms with E-state index in [0.717, 1.165) is 11.2 Å². The Morgan fingerprint density at radius 1 is 1.19 bits per heavy atom. The number of fused-ring (bicyclic) bond motifs is 1. The number of hydrogen-bond acceptors (Lipinski definition) is 8. The smallest absolute Gasteiger partial charge is 0.256 e. The van der Waals surface area contributed by atoms with Gasteiger partial charge in [-0.25, -0.2) is 14.6 Å². The van der Waals surface area contributed by atoms with Gasteiger partial charge in [-0.1, -0.05) is 40.6 Å². The van der Waals surface area contributed by atoms with E-state index in [0.29, 0.717) is 39.1 Å². The second-order valence-corrected chi connectivity index (χ2v) is 9.35. The number of ether oxygens (including phenoxy) is 1. The van der Waals surface area contributed by atoms with Crippen LogP contribution in [0.5, 0.6) is 0 Å². The molecule has 0 unspecified atom stereocenters. The number of pyridine rings is 1. The Morgan fingerprint density at radius 3 is 2.69 bits per heavy atom. The summed E-state index contributed by atoms with van der Waals surface area (Å²) in [5.41, 5.74) is 2.05. The molecular formula is C21H23ClN8OS. The maximum absolute atomic E-state index is 6.39. The number of para-hydroxylation sites is 1. The number of aryl methyl sites for hydroxylation is 1. The molecule has 11 heteroatoms. The van der Waals surface area contributed by atoms with Crippen LogP contribution in [0, 0.1) is 0 Å². The van der Waals surface area contributed by atoms with E-state index in [1.54, 1.807) is 11.7 Å². The molecule has 0 radical (unpaired) electrons. The van der Waals surface area contributed by atoms with Gasteiger partial charge in [0.05, 0.1) is 16.2 Å². The highest BCUT2D eigenvalue weighted by Crippen LogP contribution is 2.32. The summed E-state index contributed by atoms with van der Waals surface area (Å²) in [6.07, 6.45) is 0. The largest absolute Gasteiger partial charge is 0.474 e. The summed E-state index contributed by atoms with van der Waals surface area (Å²) >= 11 is 7.91. The molecule has 0 aliphatic heterocycles. The zero-order valence-electron chi connectivity index (χ0n) is 18.2. The van der Waals surface area contributed by atoms with Crippen molar-refractivity contribution >= 4 is 40.2 Å². The Hall–Kier alpha value is -3.11. The molecule has 9 nitrogen and oxygen atoms in total. The number of hydrogen-bond donors (Lipinski definition) is 1. The average molecular weight is 471 g/mol. The fourth-order valence-corrected chi connectivity index (χ4v) is 4.17. The normalized spacial score (nSPS) is 11.7. The standard InChI is InChI=1S/C21H23ClN8OS/c1-13(31-21(2,3)4)23-17-11-6-8-14(24-17)12-32-20-25-18-15(22)9-7-10-16(18)30(20)19-26-27-28-29(19)5/h6-11H,1,12H2,2-5H3,(H,23,24). The summed E-state index contributed by atoms with van der Waals surface area (Å²) < 4.78 is 9.21. The fraction of sp³-hybridized carbons (Fsp3) is 0.286. The van der Waals surface area contributed by atoms with E-state index in [4.69, 9.17) is 21.3 Å². The number of imidazole rings is 1. The zero-order valence-corrected chi connectivity index (χ0v) is 19.8. The number of thioether (sulfide) groups is 1. The highest BCUT2D eigenvalue weighted by atomic mass is 35.5. The lowest BCUT2D eigenvalue weighted by Crippen LogP contribution is -2.21. The zero-order chi connectivity index (χ0) is 22.9. The van der Waals surface area contributed by atoms with Crippen LogP contribution >= 0.6 is 23.4 Å². The van der Waals surface area contributed by atoms with Crippen LogP contribution in [0.1, 0.15) is 26.5 Å². The molecule has 166 valence electrons. The molecule has 3 aromatic heterocycles. The van der Waals surface area contributed by atoms with E-state index < -0.39 is 0 Å². The van der Waals surface area contributed by atoms with Crippen molar-refractivity contribution in [1.29, 1.82) is 0 Å². The summed E-state index contributed by atoms with van der Waals surface area (Å²) in [4.78, 5) is 9.40. The maximum Gasteiger partial charge on any atom is 0.256 e. The first kappa shape index (κ1) is 22.1. The van der Waals surface area contributed by atoms with Crippen LogP contribution in [0.25, 0.3) is 17.0 Å². The third kappa shape index (κ3) is 4.86. The summed E-state index contributed by atoms with van der Waals surface area (Å²) in [6.45, 7) is 9.80. The summed E-state index contributed by atoms with van der Waals surface area (Å²) in [7, 11) is 1.78. The molecule has 0 aliphatic carbocycles. The van der Waals surface area contributed by atoms with E-state index in [2.05, 4.69) is 32.4 Å². The Morgan fingerprint density at radius 2 is 1.97 bits per heavy atom. The number of nitrogens with one attached hydrogen (secondary N) is 1. The van der Waals surface area contributed by atoms with Crippen molar-refractivity contribution in [2.45, 2.75) is 37.3 Å². The second-order valence-electron chi connectivity index (χ2n) is 8.01. The SMILES string of the molecule is C=C(Nc1cccc(CSc2nc3c(Cl)cccc3n2-c2nnnn2C)n1)OC(C)(C)C. The van der Waals surface area contributed by atoms with Crippen molar-refractivity contribution in [3.63, 3.8) is 0 Å². The van der Waals surface area contributed by atoms with Crippen molar-refractivity contribution in [2.24, 2.45) is 7.05 Å². The predicted octanol–water partition coefficient (Wildman–Crippen LogP) is 4.59. The molecule has 32 heavy (non-hydrogen) atoms. The van der Waals surface area contributed by atoms with Gasteiger partial charge in [0.2, 0.25) is 0 Å². The topological polar surface area (TPSA) is 95.6 Å². The van der Waals surface area contributed by atoms with Gasteiger partial charge in [-0.05, 0) is 62.0 Å². The molecule has 0 saturated carbocycles. The third-order valence-corrected chi connectivity index (χ3v) is 5.53. The summed E-state index contributed by atoms with van der Waals surface area (Å²) in [6, 6.07) is 11.4. The summed E-state index contributed by atoms with van der Waals surface area (Å²) in [5, 5.41) is 16.2. The molecule has 4 aromatic rings. The Labute approximate surface area is 194 Å². The lowest BCUT2D eigenvalue weighted by atomic mass is 10.2. The fourth-order valence-electron chi connectivity index (χ4n) is 3.05. The molecule has 4 rings (SSSR count). The Balaban J connectivity index is 1.58. The summed E-state index contributed by atoms with van der Waals surface area (Å²) in [5.74, 6) is 2.23. The molecular weight excluding hydrogens is 448 g/mol. The van der Waals surface area contributed by atoms with Gasteiger partial charge in [-0.3, -0.25) is 4.57 Å². The van der Waals surface area contributed by atoms with Gasteiger partial charge >= 0.3 is 0 Å². The maximum atomic E-state index is 6.39. The highest BCUT2D eigenvalue weighted by molar-refractivity contribution is 7.98. The van der Waals surface area contributed by atoms with E-state index in [1.165, 1.54) is 11.8 Å². The quantitative estimate of drug-likeness (QED) is 0.309. The van der Waals surface area contributed by atoms with Crippen molar-refractivity contribution in [3.8, 4) is 5.95 Å². The van der Waals surface area contributed by atoms with Crippen LogP contribution < -0.4 is 5.32 Å². The van der Waals surface area contributed by atoms with E-state index >= 15 is 0 Å². The van der Waals surface area contributed by atoms with Gasteiger partial charge in [0.15, 0.2) is 11.0 Å². The minimum Gasteiger partial charge on any atom is -0.474 e. The van der Waals surface area contributed by atoms with Crippen molar-refractivity contribution in [2.75, 3.05) is 5.32 Å². The molecule has 0 bridgehead atoms. The van der Waals surface area contributed by atoms with Crippen molar-refractivity contribution < 1.29 is 4.74 Å². The molecule has 0 aliphatic rings. The average Bonchev–Trinajstić information content (AvgIpc) is 3.28. The van der Waals surface area contributed by atoms with E-state index in [1.807, 2.05) is 61.7 Å². The highest BCUT2D eigenvalue weighted by Gasteiger charge is 2.19. The van der Waals surface area contributed by atoms with E-state index in [9.17, 15) is 0 Å². The first-order chi connectivity index (χ1) is 15.2. The molecule has 0 atom stereocenters. The number of rotatable bonds is 7. The second kappa shape index (κ2) is 8.79. The molecule has 0 saturated heterocycles. The van der Waals surface area contributed by atoms with Gasteiger partial charge in [0.1, 0.15) is 16.9 Å². The number of nitrogens with zero attached hydrogens (tertiary/aromatic N) is 7. The first-order valence-corrected chi connectivity index (χ1v) is 11.2. The lowest BCUT2D eigenvalue weighted by Gasteiger charge is -2.23. The van der Waals surface area contributed by atoms with Crippen LogP contribution in [0.4, 0.5) is 5.82 Å². The number of anilines is 1. The van der Waals surface area contributed by atoms with Crippen LogP contribution in [0.3, 0.4) is 0 Å². The molecule has 3 heterocycles. The van der Waals surface area contributed by atoms with Crippen LogP contribution in [-0.4, -0.2) is 40.3 Å². The van der Waals surface area contributed by atoms with Gasteiger partial charge < -0.3 is 10.1 Å². The Kier molecular flexibility index (Phi) is 6.07. The molecule has 1 N–H and O–H groups in total. The van der Waals surface area contributed by atoms with Gasteiger partial charge in [0.25, 0.3) is 5.95 Å². The molecule has 1 aromatic carbocycles. The number of halogens is 1. The van der Waals surface area contributed by atoms with Gasteiger partial charge in [0, 0.05) is 12.8 Å². The number of aromatic nitrogens is 7. The minimum atomic E-state index is -0.341.